The fourth-order valence-electron chi connectivity index (χ4n) is 2.70. The summed E-state index contributed by atoms with van der Waals surface area (Å²) >= 11 is 0. The fraction of sp³-hybridized carbons (Fsp3) is 0.867. The van der Waals surface area contributed by atoms with E-state index < -0.39 is 5.97 Å². The lowest BCUT2D eigenvalue weighted by molar-refractivity contribution is -0.137. The molecule has 20 heavy (non-hydrogen) atoms. The number of rotatable bonds is 5. The molecule has 1 heterocycles. The molecule has 5 nitrogen and oxygen atoms in total. The summed E-state index contributed by atoms with van der Waals surface area (Å²) in [6.07, 6.45) is 2.59. The monoisotopic (exact) mass is 284 g/mol. The summed E-state index contributed by atoms with van der Waals surface area (Å²) in [5, 5.41) is 11.7. The molecule has 2 atom stereocenters. The van der Waals surface area contributed by atoms with Gasteiger partial charge in [-0.1, -0.05) is 34.1 Å². The van der Waals surface area contributed by atoms with Crippen molar-refractivity contribution < 1.29 is 14.7 Å². The predicted octanol–water partition coefficient (Wildman–Crippen LogP) is 2.71. The first-order valence-corrected chi connectivity index (χ1v) is 7.51. The highest BCUT2D eigenvalue weighted by molar-refractivity contribution is 5.76. The molecular weight excluding hydrogens is 256 g/mol. The summed E-state index contributed by atoms with van der Waals surface area (Å²) < 4.78 is 0. The minimum absolute atomic E-state index is 0.00385. The third-order valence-corrected chi connectivity index (χ3v) is 4.09. The maximum absolute atomic E-state index is 12.2. The van der Waals surface area contributed by atoms with Crippen LogP contribution in [0.25, 0.3) is 0 Å². The highest BCUT2D eigenvalue weighted by atomic mass is 16.4. The summed E-state index contributed by atoms with van der Waals surface area (Å²) in [4.78, 5) is 24.8. The van der Waals surface area contributed by atoms with Gasteiger partial charge < -0.3 is 15.3 Å². The average molecular weight is 284 g/mol. The quantitative estimate of drug-likeness (QED) is 0.815. The first-order valence-electron chi connectivity index (χ1n) is 7.51. The molecule has 2 N–H and O–H groups in total. The Hall–Kier alpha value is -1.26. The van der Waals surface area contributed by atoms with Gasteiger partial charge in [0.1, 0.15) is 0 Å². The van der Waals surface area contributed by atoms with Crippen molar-refractivity contribution in [2.24, 2.45) is 11.3 Å². The zero-order valence-corrected chi connectivity index (χ0v) is 13.1. The number of nitrogens with zero attached hydrogens (tertiary/aromatic N) is 1. The highest BCUT2D eigenvalue weighted by Gasteiger charge is 2.34. The predicted molar refractivity (Wildman–Crippen MR) is 78.6 cm³/mol. The van der Waals surface area contributed by atoms with Crippen LogP contribution in [0.2, 0.25) is 0 Å². The number of hydrogen-bond acceptors (Lipinski definition) is 2. The number of aliphatic carboxylic acids is 1. The number of hydrogen-bond donors (Lipinski definition) is 2. The van der Waals surface area contributed by atoms with E-state index in [9.17, 15) is 9.59 Å². The number of likely N-dealkylation sites (tertiary alicyclic amines) is 1. The van der Waals surface area contributed by atoms with E-state index in [0.717, 1.165) is 25.9 Å². The minimum atomic E-state index is -0.863. The fourth-order valence-corrected chi connectivity index (χ4v) is 2.70. The molecule has 0 radical (unpaired) electrons. The number of urea groups is 1. The Morgan fingerprint density at radius 3 is 2.50 bits per heavy atom. The van der Waals surface area contributed by atoms with Gasteiger partial charge in [0.05, 0.1) is 6.42 Å². The average Bonchev–Trinajstić information content (AvgIpc) is 2.76. The smallest absolute Gasteiger partial charge is 0.317 e. The van der Waals surface area contributed by atoms with Crippen LogP contribution in [0.4, 0.5) is 4.79 Å². The maximum atomic E-state index is 12.2. The summed E-state index contributed by atoms with van der Waals surface area (Å²) in [6, 6.07) is -0.380. The number of carbonyl (C=O) groups is 2. The number of carboxylic acid groups (broad SMARTS) is 1. The van der Waals surface area contributed by atoms with Crippen LogP contribution in [0.3, 0.4) is 0 Å². The van der Waals surface area contributed by atoms with E-state index in [-0.39, 0.29) is 23.9 Å². The van der Waals surface area contributed by atoms with Gasteiger partial charge in [0.25, 0.3) is 0 Å². The van der Waals surface area contributed by atoms with Crippen molar-refractivity contribution in [3.05, 3.63) is 0 Å². The summed E-state index contributed by atoms with van der Waals surface area (Å²) in [5.74, 6) is -0.352. The third kappa shape index (κ3) is 5.02. The molecule has 2 unspecified atom stereocenters. The normalized spacial score (nSPS) is 20.8. The lowest BCUT2D eigenvalue weighted by Crippen LogP contribution is -2.45. The molecule has 0 aromatic heterocycles. The SMILES string of the molecule is CCCC(CC(=O)O)NC(=O)N1CCC(C(C)(C)C)C1. The Morgan fingerprint density at radius 2 is 2.05 bits per heavy atom. The van der Waals surface area contributed by atoms with E-state index in [4.69, 9.17) is 5.11 Å². The van der Waals surface area contributed by atoms with Crippen molar-refractivity contribution >= 4 is 12.0 Å². The zero-order valence-electron chi connectivity index (χ0n) is 13.1. The number of nitrogens with one attached hydrogen (secondary N) is 1. The zero-order chi connectivity index (χ0) is 15.3. The molecular formula is C15H28N2O3. The Bertz CT molecular complexity index is 350. The first kappa shape index (κ1) is 16.8. The standard InChI is InChI=1S/C15H28N2O3/c1-5-6-12(9-13(18)19)16-14(20)17-8-7-11(10-17)15(2,3)4/h11-12H,5-10H2,1-4H3,(H,16,20)(H,18,19). The van der Waals surface area contributed by atoms with Crippen LogP contribution >= 0.6 is 0 Å². The molecule has 1 saturated heterocycles. The summed E-state index contributed by atoms with van der Waals surface area (Å²) in [6.45, 7) is 10.1. The molecule has 5 heteroatoms. The second-order valence-electron chi connectivity index (χ2n) is 6.83. The molecule has 0 aromatic rings. The topological polar surface area (TPSA) is 69.6 Å². The van der Waals surface area contributed by atoms with Crippen LogP contribution in [-0.2, 0) is 4.79 Å². The van der Waals surface area contributed by atoms with Gasteiger partial charge in [-0.2, -0.15) is 0 Å². The third-order valence-electron chi connectivity index (χ3n) is 4.09. The molecule has 1 aliphatic rings. The van der Waals surface area contributed by atoms with Gasteiger partial charge in [-0.3, -0.25) is 4.79 Å². The number of amides is 2. The maximum Gasteiger partial charge on any atom is 0.317 e. The molecule has 0 bridgehead atoms. The molecule has 0 saturated carbocycles. The van der Waals surface area contributed by atoms with Gasteiger partial charge in [-0.05, 0) is 24.2 Å². The van der Waals surface area contributed by atoms with E-state index in [1.807, 2.05) is 11.8 Å². The van der Waals surface area contributed by atoms with Crippen LogP contribution in [-0.4, -0.2) is 41.1 Å². The second kappa shape index (κ2) is 6.95. The van der Waals surface area contributed by atoms with Crippen molar-refractivity contribution in [1.29, 1.82) is 0 Å². The Morgan fingerprint density at radius 1 is 1.40 bits per heavy atom. The second-order valence-corrected chi connectivity index (χ2v) is 6.83. The van der Waals surface area contributed by atoms with E-state index in [1.54, 1.807) is 0 Å². The van der Waals surface area contributed by atoms with E-state index in [1.165, 1.54) is 0 Å². The highest BCUT2D eigenvalue weighted by Crippen LogP contribution is 2.33. The van der Waals surface area contributed by atoms with Crippen molar-refractivity contribution in [3.63, 3.8) is 0 Å². The number of carbonyl (C=O) groups excluding carboxylic acids is 1. The lowest BCUT2D eigenvalue weighted by atomic mass is 9.80. The minimum Gasteiger partial charge on any atom is -0.481 e. The van der Waals surface area contributed by atoms with Crippen LogP contribution in [0.5, 0.6) is 0 Å². The van der Waals surface area contributed by atoms with Crippen LogP contribution in [0.15, 0.2) is 0 Å². The van der Waals surface area contributed by atoms with Crippen molar-refractivity contribution in [1.82, 2.24) is 10.2 Å². The van der Waals surface area contributed by atoms with E-state index in [2.05, 4.69) is 26.1 Å². The molecule has 0 aliphatic carbocycles. The molecule has 0 aromatic carbocycles. The summed E-state index contributed by atoms with van der Waals surface area (Å²) in [7, 11) is 0. The first-order chi connectivity index (χ1) is 9.24. The molecule has 2 amide bonds. The Balaban J connectivity index is 2.51. The van der Waals surface area contributed by atoms with Gasteiger partial charge in [0.15, 0.2) is 0 Å². The lowest BCUT2D eigenvalue weighted by Gasteiger charge is -2.27. The molecule has 1 aliphatic heterocycles. The summed E-state index contributed by atoms with van der Waals surface area (Å²) in [5.41, 5.74) is 0.207. The van der Waals surface area contributed by atoms with Gasteiger partial charge in [0.2, 0.25) is 0 Å². The van der Waals surface area contributed by atoms with Crippen molar-refractivity contribution in [3.8, 4) is 0 Å². The molecule has 116 valence electrons. The van der Waals surface area contributed by atoms with Crippen LogP contribution in [0, 0.1) is 11.3 Å². The van der Waals surface area contributed by atoms with Crippen LogP contribution in [0.1, 0.15) is 53.4 Å². The van der Waals surface area contributed by atoms with Gasteiger partial charge in [-0.15, -0.1) is 0 Å². The van der Waals surface area contributed by atoms with Gasteiger partial charge in [0, 0.05) is 19.1 Å². The molecule has 1 fully saturated rings. The molecule has 0 spiro atoms. The number of carboxylic acids is 1. The van der Waals surface area contributed by atoms with Crippen molar-refractivity contribution in [2.45, 2.75) is 59.4 Å². The Kier molecular flexibility index (Phi) is 5.84. The van der Waals surface area contributed by atoms with Gasteiger partial charge in [-0.25, -0.2) is 4.79 Å². The van der Waals surface area contributed by atoms with Crippen molar-refractivity contribution in [2.75, 3.05) is 13.1 Å². The van der Waals surface area contributed by atoms with E-state index >= 15 is 0 Å². The molecule has 1 rings (SSSR count). The Labute approximate surface area is 121 Å². The van der Waals surface area contributed by atoms with Gasteiger partial charge >= 0.3 is 12.0 Å². The van der Waals surface area contributed by atoms with Crippen LogP contribution < -0.4 is 5.32 Å². The van der Waals surface area contributed by atoms with E-state index in [0.29, 0.717) is 12.3 Å². The largest absolute Gasteiger partial charge is 0.481 e.